The number of rotatable bonds is 6. The van der Waals surface area contributed by atoms with E-state index in [0.717, 1.165) is 12.8 Å². The molecule has 0 spiro atoms. The van der Waals surface area contributed by atoms with Crippen LogP contribution in [0.5, 0.6) is 0 Å². The van der Waals surface area contributed by atoms with Gasteiger partial charge in [0.1, 0.15) is 0 Å². The van der Waals surface area contributed by atoms with E-state index < -0.39 is 12.1 Å². The van der Waals surface area contributed by atoms with Crippen molar-refractivity contribution in [1.29, 1.82) is 0 Å². The van der Waals surface area contributed by atoms with E-state index in [4.69, 9.17) is 0 Å². The van der Waals surface area contributed by atoms with Crippen LogP contribution in [0, 0.1) is 5.92 Å². The van der Waals surface area contributed by atoms with Gasteiger partial charge in [-0.3, -0.25) is 0 Å². The summed E-state index contributed by atoms with van der Waals surface area (Å²) in [6, 6.07) is 0. The van der Waals surface area contributed by atoms with Crippen LogP contribution in [0.3, 0.4) is 0 Å². The molecule has 0 saturated heterocycles. The molecule has 0 rings (SSSR count). The fraction of sp³-hybridized carbons (Fsp3) is 1.00. The first kappa shape index (κ1) is 12.8. The zero-order valence-electron chi connectivity index (χ0n) is 7.86. The van der Waals surface area contributed by atoms with E-state index in [9.17, 15) is 18.3 Å². The molecule has 1 atom stereocenters. The average Bonchev–Trinajstić information content (AvgIpc) is 2.02. The first-order chi connectivity index (χ1) is 5.98. The van der Waals surface area contributed by atoms with Gasteiger partial charge in [0.15, 0.2) is 0 Å². The molecule has 0 aliphatic heterocycles. The van der Waals surface area contributed by atoms with E-state index in [1.807, 2.05) is 0 Å². The SMILES string of the molecule is CC(CCCCCC[O])C(F)(F)F. The number of unbranched alkanes of at least 4 members (excludes halogenated alkanes) is 3. The summed E-state index contributed by atoms with van der Waals surface area (Å²) in [7, 11) is 0. The van der Waals surface area contributed by atoms with Crippen molar-refractivity contribution < 1.29 is 18.3 Å². The standard InChI is InChI=1S/C9H16F3O/c1-8(9(10,11)12)6-4-2-3-5-7-13/h8H,2-7H2,1H3. The molecule has 1 radical (unpaired) electrons. The Morgan fingerprint density at radius 1 is 1.08 bits per heavy atom. The lowest BCUT2D eigenvalue weighted by Gasteiger charge is -2.14. The second kappa shape index (κ2) is 6.24. The van der Waals surface area contributed by atoms with Gasteiger partial charge in [-0.25, -0.2) is 5.11 Å². The number of halogens is 3. The highest BCUT2D eigenvalue weighted by Crippen LogP contribution is 2.29. The monoisotopic (exact) mass is 197 g/mol. The normalized spacial score (nSPS) is 14.5. The summed E-state index contributed by atoms with van der Waals surface area (Å²) in [5.41, 5.74) is 0. The molecule has 4 heteroatoms. The van der Waals surface area contributed by atoms with E-state index in [2.05, 4.69) is 0 Å². The van der Waals surface area contributed by atoms with Crippen molar-refractivity contribution in [3.05, 3.63) is 0 Å². The molecule has 1 unspecified atom stereocenters. The summed E-state index contributed by atoms with van der Waals surface area (Å²) in [6.07, 6.45) is -1.22. The molecule has 0 N–H and O–H groups in total. The summed E-state index contributed by atoms with van der Waals surface area (Å²) in [5, 5.41) is 10.0. The molecule has 0 aliphatic rings. The minimum atomic E-state index is -4.06. The van der Waals surface area contributed by atoms with Gasteiger partial charge in [0.25, 0.3) is 0 Å². The Morgan fingerprint density at radius 3 is 2.08 bits per heavy atom. The van der Waals surface area contributed by atoms with E-state index >= 15 is 0 Å². The van der Waals surface area contributed by atoms with Crippen molar-refractivity contribution >= 4 is 0 Å². The lowest BCUT2D eigenvalue weighted by molar-refractivity contribution is -0.171. The molecular weight excluding hydrogens is 181 g/mol. The highest BCUT2D eigenvalue weighted by molar-refractivity contribution is 4.61. The molecule has 0 aliphatic carbocycles. The van der Waals surface area contributed by atoms with Crippen LogP contribution in [0.25, 0.3) is 0 Å². The van der Waals surface area contributed by atoms with Gasteiger partial charge in [0.2, 0.25) is 0 Å². The molecular formula is C9H16F3O. The maximum atomic E-state index is 12.0. The minimum absolute atomic E-state index is 0.116. The van der Waals surface area contributed by atoms with Gasteiger partial charge in [-0.05, 0) is 12.8 Å². The van der Waals surface area contributed by atoms with E-state index in [1.165, 1.54) is 6.92 Å². The second-order valence-electron chi connectivity index (χ2n) is 3.35. The molecule has 0 amide bonds. The highest BCUT2D eigenvalue weighted by Gasteiger charge is 2.34. The molecule has 13 heavy (non-hydrogen) atoms. The molecule has 0 heterocycles. The minimum Gasteiger partial charge on any atom is -0.237 e. The van der Waals surface area contributed by atoms with E-state index in [0.29, 0.717) is 12.8 Å². The maximum absolute atomic E-state index is 12.0. The van der Waals surface area contributed by atoms with E-state index in [1.54, 1.807) is 0 Å². The van der Waals surface area contributed by atoms with Crippen molar-refractivity contribution in [3.63, 3.8) is 0 Å². The van der Waals surface area contributed by atoms with Crippen LogP contribution in [0.2, 0.25) is 0 Å². The third-order valence-electron chi connectivity index (χ3n) is 2.09. The van der Waals surface area contributed by atoms with Crippen molar-refractivity contribution in [2.75, 3.05) is 6.61 Å². The summed E-state index contributed by atoms with van der Waals surface area (Å²) in [6.45, 7) is 1.09. The number of hydrogen-bond donors (Lipinski definition) is 0. The van der Waals surface area contributed by atoms with Crippen molar-refractivity contribution in [2.45, 2.75) is 45.2 Å². The predicted octanol–water partition coefficient (Wildman–Crippen LogP) is 3.57. The molecule has 79 valence electrons. The Kier molecular flexibility index (Phi) is 6.12. The number of alkyl halides is 3. The Balaban J connectivity index is 3.32. The predicted molar refractivity (Wildman–Crippen MR) is 43.9 cm³/mol. The fourth-order valence-electron chi connectivity index (χ4n) is 1.07. The van der Waals surface area contributed by atoms with Crippen molar-refractivity contribution in [1.82, 2.24) is 0 Å². The lowest BCUT2D eigenvalue weighted by atomic mass is 10.0. The summed E-state index contributed by atoms with van der Waals surface area (Å²) < 4.78 is 35.9. The Morgan fingerprint density at radius 2 is 1.62 bits per heavy atom. The molecule has 0 aromatic rings. The van der Waals surface area contributed by atoms with Gasteiger partial charge in [-0.15, -0.1) is 0 Å². The van der Waals surface area contributed by atoms with Crippen LogP contribution in [-0.2, 0) is 5.11 Å². The zero-order valence-corrected chi connectivity index (χ0v) is 7.86. The lowest BCUT2D eigenvalue weighted by Crippen LogP contribution is -2.19. The van der Waals surface area contributed by atoms with Gasteiger partial charge in [-0.2, -0.15) is 13.2 Å². The Hall–Kier alpha value is -0.250. The van der Waals surface area contributed by atoms with Crippen molar-refractivity contribution in [2.24, 2.45) is 5.92 Å². The summed E-state index contributed by atoms with van der Waals surface area (Å²) in [4.78, 5) is 0. The van der Waals surface area contributed by atoms with Gasteiger partial charge < -0.3 is 0 Å². The van der Waals surface area contributed by atoms with Crippen LogP contribution >= 0.6 is 0 Å². The van der Waals surface area contributed by atoms with Crippen LogP contribution in [0.15, 0.2) is 0 Å². The van der Waals surface area contributed by atoms with Gasteiger partial charge >= 0.3 is 6.18 Å². The zero-order chi connectivity index (χ0) is 10.3. The fourth-order valence-corrected chi connectivity index (χ4v) is 1.07. The van der Waals surface area contributed by atoms with Crippen LogP contribution < -0.4 is 0 Å². The highest BCUT2D eigenvalue weighted by atomic mass is 19.4. The smallest absolute Gasteiger partial charge is 0.237 e. The van der Waals surface area contributed by atoms with Gasteiger partial charge in [0, 0.05) is 0 Å². The number of hydrogen-bond acceptors (Lipinski definition) is 0. The third-order valence-corrected chi connectivity index (χ3v) is 2.09. The molecule has 1 nitrogen and oxygen atoms in total. The average molecular weight is 197 g/mol. The molecule has 0 bridgehead atoms. The first-order valence-electron chi connectivity index (χ1n) is 4.63. The summed E-state index contributed by atoms with van der Waals surface area (Å²) >= 11 is 0. The quantitative estimate of drug-likeness (QED) is 0.580. The summed E-state index contributed by atoms with van der Waals surface area (Å²) in [5.74, 6) is -1.21. The van der Waals surface area contributed by atoms with E-state index in [-0.39, 0.29) is 13.0 Å². The molecule has 0 aromatic carbocycles. The van der Waals surface area contributed by atoms with Crippen molar-refractivity contribution in [3.8, 4) is 0 Å². The topological polar surface area (TPSA) is 19.9 Å². The van der Waals surface area contributed by atoms with Gasteiger partial charge in [0.05, 0.1) is 12.5 Å². The Labute approximate surface area is 76.9 Å². The van der Waals surface area contributed by atoms with Crippen LogP contribution in [0.1, 0.15) is 39.0 Å². The maximum Gasteiger partial charge on any atom is 0.391 e. The van der Waals surface area contributed by atoms with Gasteiger partial charge in [-0.1, -0.05) is 26.2 Å². The Bertz CT molecular complexity index is 123. The van der Waals surface area contributed by atoms with Crippen LogP contribution in [-0.4, -0.2) is 12.8 Å². The molecule has 0 fully saturated rings. The molecule has 0 aromatic heterocycles. The third kappa shape index (κ3) is 6.87. The first-order valence-corrected chi connectivity index (χ1v) is 4.63. The largest absolute Gasteiger partial charge is 0.391 e. The molecule has 0 saturated carbocycles. The van der Waals surface area contributed by atoms with Crippen LogP contribution in [0.4, 0.5) is 13.2 Å². The second-order valence-corrected chi connectivity index (χ2v) is 3.35.